The number of aromatic nitrogens is 4. The summed E-state index contributed by atoms with van der Waals surface area (Å²) in [7, 11) is 0. The van der Waals surface area contributed by atoms with Crippen molar-refractivity contribution in [2.45, 2.75) is 25.8 Å². The Kier molecular flexibility index (Phi) is 6.61. The molecule has 0 aliphatic carbocycles. The van der Waals surface area contributed by atoms with E-state index in [0.717, 1.165) is 11.3 Å². The molecule has 0 spiro atoms. The van der Waals surface area contributed by atoms with Crippen molar-refractivity contribution < 1.29 is 9.18 Å². The van der Waals surface area contributed by atoms with Gasteiger partial charge in [0.15, 0.2) is 5.52 Å². The van der Waals surface area contributed by atoms with Crippen LogP contribution in [0.15, 0.2) is 65.6 Å². The molecule has 2 heterocycles. The third kappa shape index (κ3) is 4.86. The first-order valence-electron chi connectivity index (χ1n) is 10.2. The highest BCUT2D eigenvalue weighted by Crippen LogP contribution is 2.23. The molecule has 0 aliphatic heterocycles. The minimum atomic E-state index is -0.351. The van der Waals surface area contributed by atoms with Crippen molar-refractivity contribution >= 4 is 28.4 Å². The molecule has 7 nitrogen and oxygen atoms in total. The highest BCUT2D eigenvalue weighted by Gasteiger charge is 2.15. The van der Waals surface area contributed by atoms with Crippen LogP contribution in [0.5, 0.6) is 0 Å². The van der Waals surface area contributed by atoms with Gasteiger partial charge in [0, 0.05) is 19.5 Å². The number of benzene rings is 2. The standard InChI is InChI=1S/C23H21ClFN5O2/c24-22-19-15-27-29(23(32)21(19)28-30(22)18-5-2-1-3-6-18)14-4-7-20(31)26-13-12-16-8-10-17(25)11-9-16/h1-3,5-6,8-11,15H,4,7,12-14H2,(H,26,31). The second-order valence-electron chi connectivity index (χ2n) is 7.30. The summed E-state index contributed by atoms with van der Waals surface area (Å²) in [6.07, 6.45) is 2.85. The highest BCUT2D eigenvalue weighted by molar-refractivity contribution is 6.34. The Bertz CT molecular complexity index is 1290. The van der Waals surface area contributed by atoms with Crippen LogP contribution < -0.4 is 10.9 Å². The van der Waals surface area contributed by atoms with Gasteiger partial charge in [-0.2, -0.15) is 10.2 Å². The van der Waals surface area contributed by atoms with Gasteiger partial charge in [-0.05, 0) is 42.7 Å². The van der Waals surface area contributed by atoms with Crippen molar-refractivity contribution in [3.63, 3.8) is 0 Å². The number of fused-ring (bicyclic) bond motifs is 1. The molecule has 0 saturated carbocycles. The molecule has 2 aromatic heterocycles. The minimum Gasteiger partial charge on any atom is -0.356 e. The molecule has 0 fully saturated rings. The first-order chi connectivity index (χ1) is 15.5. The lowest BCUT2D eigenvalue weighted by molar-refractivity contribution is -0.121. The maximum absolute atomic E-state index is 12.9. The van der Waals surface area contributed by atoms with E-state index in [1.54, 1.807) is 12.1 Å². The van der Waals surface area contributed by atoms with Crippen molar-refractivity contribution in [3.8, 4) is 5.69 Å². The number of amides is 1. The molecule has 2 aromatic carbocycles. The number of halogens is 2. The maximum atomic E-state index is 12.9. The fraction of sp³-hybridized carbons (Fsp3) is 0.217. The van der Waals surface area contributed by atoms with Gasteiger partial charge in [0.1, 0.15) is 11.0 Å². The summed E-state index contributed by atoms with van der Waals surface area (Å²) >= 11 is 6.40. The Morgan fingerprint density at radius 2 is 1.84 bits per heavy atom. The Balaban J connectivity index is 1.34. The summed E-state index contributed by atoms with van der Waals surface area (Å²) in [5.41, 5.74) is 1.58. The second kappa shape index (κ2) is 9.74. The van der Waals surface area contributed by atoms with Crippen LogP contribution in [0.4, 0.5) is 4.39 Å². The summed E-state index contributed by atoms with van der Waals surface area (Å²) in [4.78, 5) is 24.9. The average molecular weight is 454 g/mol. The van der Waals surface area contributed by atoms with Crippen LogP contribution in [-0.4, -0.2) is 32.0 Å². The van der Waals surface area contributed by atoms with Crippen molar-refractivity contribution in [1.82, 2.24) is 24.9 Å². The summed E-state index contributed by atoms with van der Waals surface area (Å²) in [6.45, 7) is 0.750. The van der Waals surface area contributed by atoms with Gasteiger partial charge in [-0.25, -0.2) is 13.8 Å². The van der Waals surface area contributed by atoms with E-state index in [-0.39, 0.29) is 35.8 Å². The molecular formula is C23H21ClFN5O2. The van der Waals surface area contributed by atoms with Gasteiger partial charge in [0.05, 0.1) is 17.3 Å². The number of carbonyl (C=O) groups excluding carboxylic acids is 1. The molecule has 32 heavy (non-hydrogen) atoms. The van der Waals surface area contributed by atoms with Gasteiger partial charge in [0.25, 0.3) is 5.56 Å². The Labute approximate surface area is 188 Å². The second-order valence-corrected chi connectivity index (χ2v) is 7.66. The number of hydrogen-bond donors (Lipinski definition) is 1. The van der Waals surface area contributed by atoms with E-state index in [1.165, 1.54) is 27.7 Å². The summed E-state index contributed by atoms with van der Waals surface area (Å²) < 4.78 is 15.7. The van der Waals surface area contributed by atoms with E-state index < -0.39 is 0 Å². The topological polar surface area (TPSA) is 81.8 Å². The molecule has 0 unspecified atom stereocenters. The average Bonchev–Trinajstić information content (AvgIpc) is 3.14. The summed E-state index contributed by atoms with van der Waals surface area (Å²) in [5.74, 6) is -0.397. The van der Waals surface area contributed by atoms with Gasteiger partial charge < -0.3 is 5.32 Å². The number of nitrogens with zero attached hydrogens (tertiary/aromatic N) is 4. The monoisotopic (exact) mass is 453 g/mol. The number of carbonyl (C=O) groups is 1. The van der Waals surface area contributed by atoms with Crippen molar-refractivity contribution in [2.75, 3.05) is 6.54 Å². The predicted octanol–water partition coefficient (Wildman–Crippen LogP) is 3.51. The summed E-state index contributed by atoms with van der Waals surface area (Å²) in [5, 5.41) is 12.2. The van der Waals surface area contributed by atoms with E-state index in [0.29, 0.717) is 29.9 Å². The van der Waals surface area contributed by atoms with Gasteiger partial charge in [-0.3, -0.25) is 9.59 Å². The van der Waals surface area contributed by atoms with Crippen LogP contribution in [0.3, 0.4) is 0 Å². The van der Waals surface area contributed by atoms with E-state index in [1.807, 2.05) is 30.3 Å². The van der Waals surface area contributed by atoms with Gasteiger partial charge >= 0.3 is 0 Å². The quantitative estimate of drug-likeness (QED) is 0.442. The van der Waals surface area contributed by atoms with Crippen LogP contribution in [0.2, 0.25) is 5.15 Å². The van der Waals surface area contributed by atoms with E-state index >= 15 is 0 Å². The third-order valence-electron chi connectivity index (χ3n) is 5.05. The lowest BCUT2D eigenvalue weighted by Crippen LogP contribution is -2.27. The van der Waals surface area contributed by atoms with Crippen LogP contribution in [0, 0.1) is 5.82 Å². The largest absolute Gasteiger partial charge is 0.356 e. The Morgan fingerprint density at radius 3 is 2.59 bits per heavy atom. The normalized spacial score (nSPS) is 11.1. The van der Waals surface area contributed by atoms with Crippen molar-refractivity contribution in [3.05, 3.63) is 87.7 Å². The molecule has 0 atom stereocenters. The molecule has 0 aliphatic rings. The van der Waals surface area contributed by atoms with Crippen LogP contribution >= 0.6 is 11.6 Å². The van der Waals surface area contributed by atoms with Crippen LogP contribution in [-0.2, 0) is 17.8 Å². The number of nitrogens with one attached hydrogen (secondary N) is 1. The molecule has 0 saturated heterocycles. The molecule has 0 radical (unpaired) electrons. The molecule has 0 bridgehead atoms. The molecule has 4 aromatic rings. The number of hydrogen-bond acceptors (Lipinski definition) is 4. The fourth-order valence-electron chi connectivity index (χ4n) is 3.36. The SMILES string of the molecule is O=C(CCCn1ncc2c(Cl)n(-c3ccccc3)nc2c1=O)NCCc1ccc(F)cc1. The van der Waals surface area contributed by atoms with Gasteiger partial charge in [0.2, 0.25) is 5.91 Å². The lowest BCUT2D eigenvalue weighted by atomic mass is 10.1. The van der Waals surface area contributed by atoms with Gasteiger partial charge in [-0.15, -0.1) is 0 Å². The third-order valence-corrected chi connectivity index (χ3v) is 5.41. The molecule has 9 heteroatoms. The maximum Gasteiger partial charge on any atom is 0.295 e. The lowest BCUT2D eigenvalue weighted by Gasteiger charge is -2.06. The minimum absolute atomic E-state index is 0.113. The zero-order valence-electron chi connectivity index (χ0n) is 17.2. The fourth-order valence-corrected chi connectivity index (χ4v) is 3.63. The first-order valence-corrected chi connectivity index (χ1v) is 10.6. The molecular weight excluding hydrogens is 433 g/mol. The molecule has 1 N–H and O–H groups in total. The predicted molar refractivity (Wildman–Crippen MR) is 120 cm³/mol. The summed E-state index contributed by atoms with van der Waals surface area (Å²) in [6, 6.07) is 15.5. The Hall–Kier alpha value is -3.52. The van der Waals surface area contributed by atoms with Crippen molar-refractivity contribution in [1.29, 1.82) is 0 Å². The molecule has 1 amide bonds. The number of aryl methyl sites for hydroxylation is 1. The van der Waals surface area contributed by atoms with Crippen LogP contribution in [0.25, 0.3) is 16.6 Å². The van der Waals surface area contributed by atoms with E-state index in [4.69, 9.17) is 11.6 Å². The number of rotatable bonds is 8. The van der Waals surface area contributed by atoms with E-state index in [2.05, 4.69) is 15.5 Å². The first kappa shape index (κ1) is 21.7. The van der Waals surface area contributed by atoms with Crippen LogP contribution in [0.1, 0.15) is 18.4 Å². The molecule has 164 valence electrons. The highest BCUT2D eigenvalue weighted by atomic mass is 35.5. The van der Waals surface area contributed by atoms with E-state index in [9.17, 15) is 14.0 Å². The Morgan fingerprint density at radius 1 is 1.09 bits per heavy atom. The molecule has 4 rings (SSSR count). The van der Waals surface area contributed by atoms with Crippen molar-refractivity contribution in [2.24, 2.45) is 0 Å². The zero-order valence-corrected chi connectivity index (χ0v) is 17.9. The van der Waals surface area contributed by atoms with Gasteiger partial charge in [-0.1, -0.05) is 41.9 Å². The number of para-hydroxylation sites is 1. The zero-order chi connectivity index (χ0) is 22.5. The smallest absolute Gasteiger partial charge is 0.295 e.